The smallest absolute Gasteiger partial charge is 0.309 e. The maximum Gasteiger partial charge on any atom is 0.309 e. The number of hydrogen-bond acceptors (Lipinski definition) is 4. The number of rotatable bonds is 7. The van der Waals surface area contributed by atoms with Gasteiger partial charge in [0.1, 0.15) is 17.6 Å². The Balaban J connectivity index is 2.45. The molecule has 18 heavy (non-hydrogen) atoms. The lowest BCUT2D eigenvalue weighted by Crippen LogP contribution is -2.17. The highest BCUT2D eigenvalue weighted by Crippen LogP contribution is 2.19. The fraction of sp³-hybridized carbons (Fsp3) is 0.500. The Morgan fingerprint density at radius 1 is 1.22 bits per heavy atom. The average molecular weight is 252 g/mol. The van der Waals surface area contributed by atoms with E-state index in [-0.39, 0.29) is 18.5 Å². The Labute approximate surface area is 108 Å². The van der Waals surface area contributed by atoms with Crippen LogP contribution in [-0.4, -0.2) is 25.8 Å². The van der Waals surface area contributed by atoms with Gasteiger partial charge in [-0.2, -0.15) is 0 Å². The van der Waals surface area contributed by atoms with Crippen LogP contribution in [0.4, 0.5) is 0 Å². The first-order valence-electron chi connectivity index (χ1n) is 6.12. The zero-order valence-electron chi connectivity index (χ0n) is 11.1. The molecule has 0 aromatic heterocycles. The molecule has 0 aliphatic carbocycles. The molecule has 4 heteroatoms. The number of benzene rings is 1. The van der Waals surface area contributed by atoms with Crippen LogP contribution in [0.2, 0.25) is 0 Å². The van der Waals surface area contributed by atoms with E-state index >= 15 is 0 Å². The van der Waals surface area contributed by atoms with Crippen LogP contribution < -0.4 is 9.47 Å². The van der Waals surface area contributed by atoms with Crippen molar-refractivity contribution in [3.05, 3.63) is 24.3 Å². The molecule has 0 spiro atoms. The monoisotopic (exact) mass is 252 g/mol. The summed E-state index contributed by atoms with van der Waals surface area (Å²) in [6.45, 7) is 4.60. The van der Waals surface area contributed by atoms with Crippen molar-refractivity contribution in [1.82, 2.24) is 0 Å². The van der Waals surface area contributed by atoms with Gasteiger partial charge < -0.3 is 14.2 Å². The molecular formula is C14H20O4. The predicted molar refractivity (Wildman–Crippen MR) is 69.0 cm³/mol. The molecule has 0 amide bonds. The first-order chi connectivity index (χ1) is 8.65. The summed E-state index contributed by atoms with van der Waals surface area (Å²) in [6.07, 6.45) is 1.01. The number of carbonyl (C=O) groups excluding carboxylic acids is 1. The summed E-state index contributed by atoms with van der Waals surface area (Å²) in [5.41, 5.74) is 0. The SMILES string of the molecule is CCCOc1ccc(OC(C)CC(=O)OC)cc1. The van der Waals surface area contributed by atoms with E-state index in [0.717, 1.165) is 17.9 Å². The molecule has 0 saturated carbocycles. The molecule has 0 saturated heterocycles. The molecule has 0 aliphatic rings. The Bertz CT molecular complexity index is 359. The van der Waals surface area contributed by atoms with Crippen LogP contribution in [0.3, 0.4) is 0 Å². The molecule has 0 fully saturated rings. The molecule has 0 N–H and O–H groups in total. The standard InChI is InChI=1S/C14H20O4/c1-4-9-17-12-5-7-13(8-6-12)18-11(2)10-14(15)16-3/h5-8,11H,4,9-10H2,1-3H3. The number of methoxy groups -OCH3 is 1. The minimum absolute atomic E-state index is 0.208. The van der Waals surface area contributed by atoms with Gasteiger partial charge in [0.05, 0.1) is 20.1 Å². The lowest BCUT2D eigenvalue weighted by Gasteiger charge is -2.13. The van der Waals surface area contributed by atoms with Crippen molar-refractivity contribution in [2.45, 2.75) is 32.8 Å². The van der Waals surface area contributed by atoms with Crippen molar-refractivity contribution in [3.8, 4) is 11.5 Å². The molecule has 1 aromatic carbocycles. The van der Waals surface area contributed by atoms with Gasteiger partial charge in [-0.1, -0.05) is 6.92 Å². The molecule has 1 atom stereocenters. The first kappa shape index (κ1) is 14.4. The Morgan fingerprint density at radius 3 is 2.39 bits per heavy atom. The predicted octanol–water partition coefficient (Wildman–Crippen LogP) is 2.81. The maximum absolute atomic E-state index is 11.1. The Morgan fingerprint density at radius 2 is 1.83 bits per heavy atom. The maximum atomic E-state index is 11.1. The van der Waals surface area contributed by atoms with Gasteiger partial charge in [0.25, 0.3) is 0 Å². The van der Waals surface area contributed by atoms with Crippen LogP contribution in [0.25, 0.3) is 0 Å². The molecule has 0 radical (unpaired) electrons. The van der Waals surface area contributed by atoms with Gasteiger partial charge in [0, 0.05) is 0 Å². The van der Waals surface area contributed by atoms with Crippen LogP contribution in [0.15, 0.2) is 24.3 Å². The second-order valence-corrected chi connectivity index (χ2v) is 4.03. The van der Waals surface area contributed by atoms with Gasteiger partial charge in [-0.25, -0.2) is 0 Å². The molecule has 0 bridgehead atoms. The lowest BCUT2D eigenvalue weighted by atomic mass is 10.2. The second-order valence-electron chi connectivity index (χ2n) is 4.03. The fourth-order valence-electron chi connectivity index (χ4n) is 1.43. The van der Waals surface area contributed by atoms with E-state index in [1.165, 1.54) is 7.11 Å². The van der Waals surface area contributed by atoms with Crippen LogP contribution in [-0.2, 0) is 9.53 Å². The van der Waals surface area contributed by atoms with Crippen LogP contribution in [0.1, 0.15) is 26.7 Å². The fourth-order valence-corrected chi connectivity index (χ4v) is 1.43. The molecule has 0 heterocycles. The molecule has 0 aliphatic heterocycles. The molecule has 4 nitrogen and oxygen atoms in total. The summed E-state index contributed by atoms with van der Waals surface area (Å²) in [4.78, 5) is 11.1. The highest BCUT2D eigenvalue weighted by atomic mass is 16.5. The summed E-state index contributed by atoms with van der Waals surface area (Å²) in [5.74, 6) is 1.27. The minimum Gasteiger partial charge on any atom is -0.494 e. The van der Waals surface area contributed by atoms with Gasteiger partial charge >= 0.3 is 5.97 Å². The number of hydrogen-bond donors (Lipinski definition) is 0. The molecule has 1 aromatic rings. The summed E-state index contributed by atoms with van der Waals surface area (Å²) < 4.78 is 15.6. The summed E-state index contributed by atoms with van der Waals surface area (Å²) >= 11 is 0. The lowest BCUT2D eigenvalue weighted by molar-refractivity contribution is -0.142. The number of esters is 1. The molecular weight excluding hydrogens is 232 g/mol. The van der Waals surface area contributed by atoms with Crippen LogP contribution >= 0.6 is 0 Å². The zero-order valence-corrected chi connectivity index (χ0v) is 11.1. The van der Waals surface area contributed by atoms with E-state index in [9.17, 15) is 4.79 Å². The summed E-state index contributed by atoms with van der Waals surface area (Å²) in [6, 6.07) is 7.38. The molecule has 1 unspecified atom stereocenters. The zero-order chi connectivity index (χ0) is 13.4. The third-order valence-electron chi connectivity index (χ3n) is 2.32. The van der Waals surface area contributed by atoms with E-state index in [0.29, 0.717) is 6.61 Å². The number of ether oxygens (including phenoxy) is 3. The topological polar surface area (TPSA) is 44.8 Å². The van der Waals surface area contributed by atoms with Crippen molar-refractivity contribution in [3.63, 3.8) is 0 Å². The number of carbonyl (C=O) groups is 1. The van der Waals surface area contributed by atoms with Crippen molar-refractivity contribution < 1.29 is 19.0 Å². The molecule has 100 valence electrons. The van der Waals surface area contributed by atoms with Gasteiger partial charge in [0.2, 0.25) is 0 Å². The van der Waals surface area contributed by atoms with Gasteiger partial charge in [-0.3, -0.25) is 4.79 Å². The van der Waals surface area contributed by atoms with E-state index in [1.807, 2.05) is 31.2 Å². The van der Waals surface area contributed by atoms with Crippen molar-refractivity contribution in [2.75, 3.05) is 13.7 Å². The van der Waals surface area contributed by atoms with Crippen LogP contribution in [0, 0.1) is 0 Å². The quantitative estimate of drug-likeness (QED) is 0.700. The highest BCUT2D eigenvalue weighted by Gasteiger charge is 2.10. The van der Waals surface area contributed by atoms with Crippen molar-refractivity contribution >= 4 is 5.97 Å². The summed E-state index contributed by atoms with van der Waals surface area (Å²) in [7, 11) is 1.37. The Kier molecular flexibility index (Phi) is 6.05. The van der Waals surface area contributed by atoms with Gasteiger partial charge in [-0.15, -0.1) is 0 Å². The highest BCUT2D eigenvalue weighted by molar-refractivity contribution is 5.69. The van der Waals surface area contributed by atoms with E-state index in [1.54, 1.807) is 0 Å². The van der Waals surface area contributed by atoms with E-state index in [4.69, 9.17) is 9.47 Å². The van der Waals surface area contributed by atoms with Crippen LogP contribution in [0.5, 0.6) is 11.5 Å². The van der Waals surface area contributed by atoms with E-state index < -0.39 is 0 Å². The third-order valence-corrected chi connectivity index (χ3v) is 2.32. The second kappa shape index (κ2) is 7.58. The Hall–Kier alpha value is -1.71. The van der Waals surface area contributed by atoms with E-state index in [2.05, 4.69) is 11.7 Å². The summed E-state index contributed by atoms with van der Waals surface area (Å²) in [5, 5.41) is 0. The van der Waals surface area contributed by atoms with Gasteiger partial charge in [-0.05, 0) is 37.6 Å². The van der Waals surface area contributed by atoms with Gasteiger partial charge in [0.15, 0.2) is 0 Å². The minimum atomic E-state index is -0.273. The average Bonchev–Trinajstić information content (AvgIpc) is 2.37. The molecule has 1 rings (SSSR count). The van der Waals surface area contributed by atoms with Crippen molar-refractivity contribution in [1.29, 1.82) is 0 Å². The largest absolute Gasteiger partial charge is 0.494 e. The first-order valence-corrected chi connectivity index (χ1v) is 6.12. The van der Waals surface area contributed by atoms with Crippen molar-refractivity contribution in [2.24, 2.45) is 0 Å². The normalized spacial score (nSPS) is 11.7. The third kappa shape index (κ3) is 5.08.